The molecule has 1 N–H and O–H groups in total. The second-order valence-electron chi connectivity index (χ2n) is 5.20. The van der Waals surface area contributed by atoms with Gasteiger partial charge in [-0.1, -0.05) is 12.8 Å². The van der Waals surface area contributed by atoms with Gasteiger partial charge in [-0.2, -0.15) is 5.10 Å². The molecule has 1 aliphatic carbocycles. The Bertz CT molecular complexity index is 482. The Balaban J connectivity index is 1.42. The highest BCUT2D eigenvalue weighted by Crippen LogP contribution is 2.28. The molecule has 3 rings (SSSR count). The van der Waals surface area contributed by atoms with Gasteiger partial charge < -0.3 is 9.88 Å². The van der Waals surface area contributed by atoms with E-state index in [9.17, 15) is 0 Å². The van der Waals surface area contributed by atoms with Crippen LogP contribution in [-0.2, 0) is 13.1 Å². The molecule has 5 nitrogen and oxygen atoms in total. The van der Waals surface area contributed by atoms with Crippen molar-refractivity contribution >= 4 is 0 Å². The van der Waals surface area contributed by atoms with Crippen molar-refractivity contribution in [1.82, 2.24) is 24.6 Å². The average Bonchev–Trinajstić information content (AvgIpc) is 3.15. The third-order valence-electron chi connectivity index (χ3n) is 3.77. The Hall–Kier alpha value is -1.62. The number of nitrogens with zero attached hydrogens (tertiary/aromatic N) is 4. The van der Waals surface area contributed by atoms with Crippen molar-refractivity contribution in [3.8, 4) is 0 Å². The van der Waals surface area contributed by atoms with Crippen molar-refractivity contribution in [3.05, 3.63) is 36.7 Å². The minimum absolute atomic E-state index is 0.639. The van der Waals surface area contributed by atoms with Gasteiger partial charge in [-0.15, -0.1) is 0 Å². The quantitative estimate of drug-likeness (QED) is 0.807. The van der Waals surface area contributed by atoms with Crippen LogP contribution in [0.2, 0.25) is 0 Å². The van der Waals surface area contributed by atoms with Crippen molar-refractivity contribution in [3.63, 3.8) is 0 Å². The Morgan fingerprint density at radius 3 is 2.95 bits per heavy atom. The predicted octanol–water partition coefficient (Wildman–Crippen LogP) is 1.98. The van der Waals surface area contributed by atoms with Gasteiger partial charge in [0, 0.05) is 38.2 Å². The van der Waals surface area contributed by atoms with Crippen LogP contribution in [0.3, 0.4) is 0 Å². The maximum Gasteiger partial charge on any atom is 0.0946 e. The monoisotopic (exact) mass is 259 g/mol. The summed E-state index contributed by atoms with van der Waals surface area (Å²) in [5.41, 5.74) is 1.14. The molecule has 2 aromatic rings. The van der Waals surface area contributed by atoms with Crippen molar-refractivity contribution < 1.29 is 0 Å². The molecule has 2 aromatic heterocycles. The van der Waals surface area contributed by atoms with Crippen molar-refractivity contribution in [2.45, 2.75) is 44.8 Å². The molecule has 1 fully saturated rings. The molecular formula is C14H21N5. The zero-order valence-corrected chi connectivity index (χ0v) is 11.2. The van der Waals surface area contributed by atoms with E-state index >= 15 is 0 Å². The van der Waals surface area contributed by atoms with Gasteiger partial charge in [-0.25, -0.2) is 4.98 Å². The number of hydrogen-bond acceptors (Lipinski definition) is 3. The Morgan fingerprint density at radius 2 is 2.16 bits per heavy atom. The standard InChI is InChI=1S/C14H21N5/c1-2-4-14(3-1)19-8-5-13(17-19)11-15-6-9-18-10-7-16-12-18/h5,7-8,10,12,14-15H,1-4,6,9,11H2. The van der Waals surface area contributed by atoms with E-state index in [1.807, 2.05) is 18.7 Å². The van der Waals surface area contributed by atoms with Gasteiger partial charge in [0.1, 0.15) is 0 Å². The maximum atomic E-state index is 4.66. The van der Waals surface area contributed by atoms with Gasteiger partial charge in [0.05, 0.1) is 18.1 Å². The number of nitrogens with one attached hydrogen (secondary N) is 1. The van der Waals surface area contributed by atoms with E-state index < -0.39 is 0 Å². The number of aromatic nitrogens is 4. The number of imidazole rings is 1. The first-order valence-electron chi connectivity index (χ1n) is 7.12. The summed E-state index contributed by atoms with van der Waals surface area (Å²) in [5, 5.41) is 8.08. The van der Waals surface area contributed by atoms with E-state index in [0.717, 1.165) is 25.3 Å². The lowest BCUT2D eigenvalue weighted by Gasteiger charge is -2.09. The van der Waals surface area contributed by atoms with Crippen LogP contribution in [-0.4, -0.2) is 25.9 Å². The fourth-order valence-corrected chi connectivity index (χ4v) is 2.69. The number of hydrogen-bond donors (Lipinski definition) is 1. The van der Waals surface area contributed by atoms with Crippen LogP contribution >= 0.6 is 0 Å². The molecule has 19 heavy (non-hydrogen) atoms. The van der Waals surface area contributed by atoms with E-state index in [1.54, 1.807) is 0 Å². The summed E-state index contributed by atoms with van der Waals surface area (Å²) >= 11 is 0. The van der Waals surface area contributed by atoms with E-state index in [2.05, 4.69) is 36.9 Å². The molecule has 5 heteroatoms. The lowest BCUT2D eigenvalue weighted by Crippen LogP contribution is -2.19. The molecule has 2 heterocycles. The molecule has 102 valence electrons. The second kappa shape index (κ2) is 6.02. The minimum Gasteiger partial charge on any atom is -0.336 e. The fraction of sp³-hybridized carbons (Fsp3) is 0.571. The van der Waals surface area contributed by atoms with Gasteiger partial charge in [0.15, 0.2) is 0 Å². The largest absolute Gasteiger partial charge is 0.336 e. The van der Waals surface area contributed by atoms with Crippen LogP contribution in [0.25, 0.3) is 0 Å². The van der Waals surface area contributed by atoms with Crippen LogP contribution in [0.5, 0.6) is 0 Å². The summed E-state index contributed by atoms with van der Waals surface area (Å²) < 4.78 is 4.23. The van der Waals surface area contributed by atoms with E-state index in [1.165, 1.54) is 25.7 Å². The highest BCUT2D eigenvalue weighted by atomic mass is 15.3. The second-order valence-corrected chi connectivity index (χ2v) is 5.20. The molecule has 0 amide bonds. The third-order valence-corrected chi connectivity index (χ3v) is 3.77. The molecule has 0 atom stereocenters. The number of rotatable bonds is 6. The van der Waals surface area contributed by atoms with Gasteiger partial charge in [-0.05, 0) is 18.9 Å². The molecule has 0 aliphatic heterocycles. The summed E-state index contributed by atoms with van der Waals surface area (Å²) in [7, 11) is 0. The summed E-state index contributed by atoms with van der Waals surface area (Å²) in [6, 6.07) is 2.77. The van der Waals surface area contributed by atoms with Crippen molar-refractivity contribution in [2.24, 2.45) is 0 Å². The summed E-state index contributed by atoms with van der Waals surface area (Å²) in [6.45, 7) is 2.73. The molecule has 0 unspecified atom stereocenters. The van der Waals surface area contributed by atoms with Gasteiger partial charge in [-0.3, -0.25) is 4.68 Å². The van der Waals surface area contributed by atoms with E-state index in [-0.39, 0.29) is 0 Å². The zero-order valence-electron chi connectivity index (χ0n) is 11.2. The van der Waals surface area contributed by atoms with Crippen LogP contribution in [0.1, 0.15) is 37.4 Å². The summed E-state index contributed by atoms with van der Waals surface area (Å²) in [4.78, 5) is 4.03. The van der Waals surface area contributed by atoms with Gasteiger partial charge in [0.2, 0.25) is 0 Å². The first-order valence-corrected chi connectivity index (χ1v) is 7.12. The third kappa shape index (κ3) is 3.23. The van der Waals surface area contributed by atoms with Crippen LogP contribution in [0.15, 0.2) is 31.0 Å². The fourth-order valence-electron chi connectivity index (χ4n) is 2.69. The zero-order chi connectivity index (χ0) is 12.9. The Kier molecular flexibility index (Phi) is 3.93. The Morgan fingerprint density at radius 1 is 1.26 bits per heavy atom. The van der Waals surface area contributed by atoms with Crippen LogP contribution in [0, 0.1) is 0 Å². The summed E-state index contributed by atoms with van der Waals surface area (Å²) in [6.07, 6.45) is 13.0. The molecule has 0 bridgehead atoms. The van der Waals surface area contributed by atoms with Gasteiger partial charge in [0.25, 0.3) is 0 Å². The summed E-state index contributed by atoms with van der Waals surface area (Å²) in [5.74, 6) is 0. The van der Waals surface area contributed by atoms with Crippen molar-refractivity contribution in [2.75, 3.05) is 6.54 Å². The van der Waals surface area contributed by atoms with E-state index in [4.69, 9.17) is 0 Å². The molecule has 1 saturated carbocycles. The van der Waals surface area contributed by atoms with E-state index in [0.29, 0.717) is 6.04 Å². The molecule has 0 saturated heterocycles. The van der Waals surface area contributed by atoms with Crippen LogP contribution in [0.4, 0.5) is 0 Å². The molecular weight excluding hydrogens is 238 g/mol. The minimum atomic E-state index is 0.639. The normalized spacial score (nSPS) is 16.2. The molecule has 1 aliphatic rings. The lowest BCUT2D eigenvalue weighted by molar-refractivity contribution is 0.460. The molecule has 0 spiro atoms. The lowest BCUT2D eigenvalue weighted by atomic mass is 10.3. The predicted molar refractivity (Wildman–Crippen MR) is 73.7 cm³/mol. The molecule has 0 aromatic carbocycles. The SMILES string of the molecule is c1cn(CCNCc2ccn(C3CCCC3)n2)cn1. The average molecular weight is 259 g/mol. The highest BCUT2D eigenvalue weighted by Gasteiger charge is 2.17. The molecule has 0 radical (unpaired) electrons. The smallest absolute Gasteiger partial charge is 0.0946 e. The Labute approximate surface area is 113 Å². The highest BCUT2D eigenvalue weighted by molar-refractivity contribution is 4.99. The first-order chi connectivity index (χ1) is 9.42. The first kappa shape index (κ1) is 12.4. The topological polar surface area (TPSA) is 47.7 Å². The van der Waals surface area contributed by atoms with Gasteiger partial charge >= 0.3 is 0 Å². The maximum absolute atomic E-state index is 4.66. The van der Waals surface area contributed by atoms with Crippen LogP contribution < -0.4 is 5.32 Å². The van der Waals surface area contributed by atoms with Crippen molar-refractivity contribution in [1.29, 1.82) is 0 Å².